The van der Waals surface area contributed by atoms with Crippen molar-refractivity contribution in [3.8, 4) is 0 Å². The van der Waals surface area contributed by atoms with Gasteiger partial charge in [-0.2, -0.15) is 0 Å². The molecule has 0 bridgehead atoms. The number of aromatic nitrogens is 1. The maximum absolute atomic E-state index is 6.15. The highest BCUT2D eigenvalue weighted by Gasteiger charge is 2.28. The highest BCUT2D eigenvalue weighted by Crippen LogP contribution is 2.37. The van der Waals surface area contributed by atoms with E-state index in [9.17, 15) is 0 Å². The van der Waals surface area contributed by atoms with Crippen LogP contribution in [0.25, 0.3) is 0 Å². The monoisotopic (exact) mass is 298 g/mol. The Balaban J connectivity index is 1.86. The lowest BCUT2D eigenvalue weighted by Gasteiger charge is -2.11. The Hall–Kier alpha value is -1.10. The summed E-state index contributed by atoms with van der Waals surface area (Å²) < 4.78 is 0. The van der Waals surface area contributed by atoms with Crippen molar-refractivity contribution in [3.05, 3.63) is 50.4 Å². The third-order valence-corrected chi connectivity index (χ3v) is 3.96. The van der Waals surface area contributed by atoms with Gasteiger partial charge in [0.1, 0.15) is 5.71 Å². The molecule has 1 aromatic carbocycles. The number of halogens is 2. The molecule has 0 aliphatic carbocycles. The van der Waals surface area contributed by atoms with Gasteiger partial charge in [-0.3, -0.25) is 0 Å². The van der Waals surface area contributed by atoms with Crippen molar-refractivity contribution < 1.29 is 4.84 Å². The van der Waals surface area contributed by atoms with Gasteiger partial charge in [0.05, 0.1) is 11.2 Å². The molecule has 1 unspecified atom stereocenters. The number of nitrogens with zero attached hydrogens (tertiary/aromatic N) is 2. The van der Waals surface area contributed by atoms with Crippen LogP contribution in [0.1, 0.15) is 23.8 Å². The van der Waals surface area contributed by atoms with E-state index >= 15 is 0 Å². The molecule has 1 aliphatic rings. The molecule has 2 heterocycles. The number of thiazole rings is 1. The highest BCUT2D eigenvalue weighted by atomic mass is 35.5. The summed E-state index contributed by atoms with van der Waals surface area (Å²) in [5, 5.41) is 7.20. The molecule has 1 aromatic heterocycles. The van der Waals surface area contributed by atoms with Crippen LogP contribution in [-0.2, 0) is 4.84 Å². The quantitative estimate of drug-likeness (QED) is 0.828. The first-order valence-corrected chi connectivity index (χ1v) is 7.00. The summed E-state index contributed by atoms with van der Waals surface area (Å²) >= 11 is 13.8. The number of oxime groups is 1. The van der Waals surface area contributed by atoms with Gasteiger partial charge in [-0.05, 0) is 12.1 Å². The Morgan fingerprint density at radius 3 is 2.72 bits per heavy atom. The smallest absolute Gasteiger partial charge is 0.161 e. The van der Waals surface area contributed by atoms with Gasteiger partial charge in [-0.1, -0.05) is 34.4 Å². The van der Waals surface area contributed by atoms with E-state index in [1.165, 1.54) is 11.3 Å². The third-order valence-electron chi connectivity index (χ3n) is 2.72. The van der Waals surface area contributed by atoms with Crippen LogP contribution in [0, 0.1) is 0 Å². The third kappa shape index (κ3) is 2.11. The zero-order valence-corrected chi connectivity index (χ0v) is 11.5. The molecule has 3 rings (SSSR count). The van der Waals surface area contributed by atoms with Gasteiger partial charge in [0.25, 0.3) is 0 Å². The van der Waals surface area contributed by atoms with Gasteiger partial charge in [0, 0.05) is 27.4 Å². The van der Waals surface area contributed by atoms with Crippen molar-refractivity contribution in [2.24, 2.45) is 5.16 Å². The molecule has 92 valence electrons. The molecule has 1 aliphatic heterocycles. The standard InChI is InChI=1S/C12H8Cl2N2OS/c13-7-2-1-3-8(14)12(7)11-4-9(16-17-11)10-5-18-6-15-10/h1-3,5-6,11H,4H2. The SMILES string of the molecule is Clc1cccc(Cl)c1C1CC(c2cscn2)=NO1. The Kier molecular flexibility index (Phi) is 3.24. The zero-order valence-electron chi connectivity index (χ0n) is 9.14. The molecule has 18 heavy (non-hydrogen) atoms. The molecule has 0 saturated carbocycles. The summed E-state index contributed by atoms with van der Waals surface area (Å²) in [7, 11) is 0. The fourth-order valence-corrected chi connectivity index (χ4v) is 3.06. The van der Waals surface area contributed by atoms with Crippen molar-refractivity contribution in [1.29, 1.82) is 0 Å². The van der Waals surface area contributed by atoms with Crippen molar-refractivity contribution in [2.75, 3.05) is 0 Å². The van der Waals surface area contributed by atoms with Gasteiger partial charge >= 0.3 is 0 Å². The van der Waals surface area contributed by atoms with Gasteiger partial charge in [-0.25, -0.2) is 4.98 Å². The normalized spacial score (nSPS) is 18.6. The predicted molar refractivity (Wildman–Crippen MR) is 73.6 cm³/mol. The molecular formula is C12H8Cl2N2OS. The summed E-state index contributed by atoms with van der Waals surface area (Å²) in [6, 6.07) is 5.41. The number of hydrogen-bond donors (Lipinski definition) is 0. The lowest BCUT2D eigenvalue weighted by molar-refractivity contribution is 0.0859. The van der Waals surface area contributed by atoms with Crippen LogP contribution >= 0.6 is 34.5 Å². The Bertz CT molecular complexity index is 578. The van der Waals surface area contributed by atoms with Gasteiger partial charge in [0.15, 0.2) is 6.10 Å². The lowest BCUT2D eigenvalue weighted by atomic mass is 10.0. The minimum atomic E-state index is -0.233. The number of benzene rings is 1. The molecule has 0 N–H and O–H groups in total. The van der Waals surface area contributed by atoms with Crippen molar-refractivity contribution in [2.45, 2.75) is 12.5 Å². The average molecular weight is 299 g/mol. The second-order valence-corrected chi connectivity index (χ2v) is 5.38. The molecule has 0 radical (unpaired) electrons. The van der Waals surface area contributed by atoms with E-state index in [4.69, 9.17) is 28.0 Å². The fraction of sp³-hybridized carbons (Fsp3) is 0.167. The van der Waals surface area contributed by atoms with Gasteiger partial charge < -0.3 is 4.84 Å². The minimum absolute atomic E-state index is 0.233. The minimum Gasteiger partial charge on any atom is -0.387 e. The van der Waals surface area contributed by atoms with Gasteiger partial charge in [-0.15, -0.1) is 11.3 Å². The molecule has 6 heteroatoms. The van der Waals surface area contributed by atoms with Crippen LogP contribution < -0.4 is 0 Å². The summed E-state index contributed by atoms with van der Waals surface area (Å²) in [6.45, 7) is 0. The van der Waals surface area contributed by atoms with E-state index in [1.807, 2.05) is 11.4 Å². The van der Waals surface area contributed by atoms with Crippen molar-refractivity contribution >= 4 is 40.3 Å². The first kappa shape index (κ1) is 12.0. The second-order valence-electron chi connectivity index (χ2n) is 3.85. The largest absolute Gasteiger partial charge is 0.387 e. The molecule has 1 atom stereocenters. The van der Waals surface area contributed by atoms with E-state index in [0.29, 0.717) is 16.5 Å². The first-order chi connectivity index (χ1) is 8.75. The lowest BCUT2D eigenvalue weighted by Crippen LogP contribution is -2.03. The maximum Gasteiger partial charge on any atom is 0.161 e. The van der Waals surface area contributed by atoms with Gasteiger partial charge in [0.2, 0.25) is 0 Å². The topological polar surface area (TPSA) is 34.5 Å². The average Bonchev–Trinajstić information content (AvgIpc) is 2.99. The summed E-state index contributed by atoms with van der Waals surface area (Å²) in [6.07, 6.45) is 0.399. The Morgan fingerprint density at radius 2 is 2.06 bits per heavy atom. The van der Waals surface area contributed by atoms with Crippen LogP contribution in [0.15, 0.2) is 34.2 Å². The van der Waals surface area contributed by atoms with Crippen molar-refractivity contribution in [1.82, 2.24) is 4.98 Å². The zero-order chi connectivity index (χ0) is 12.5. The summed E-state index contributed by atoms with van der Waals surface area (Å²) in [5.74, 6) is 0. The number of rotatable bonds is 2. The van der Waals surface area contributed by atoms with Crippen LogP contribution in [-0.4, -0.2) is 10.7 Å². The highest BCUT2D eigenvalue weighted by molar-refractivity contribution is 7.07. The summed E-state index contributed by atoms with van der Waals surface area (Å²) in [5.41, 5.74) is 4.24. The Labute approximate surface area is 118 Å². The molecule has 0 saturated heterocycles. The Morgan fingerprint density at radius 1 is 1.28 bits per heavy atom. The second kappa shape index (κ2) is 4.88. The molecule has 0 spiro atoms. The van der Waals surface area contributed by atoms with Crippen LogP contribution in [0.4, 0.5) is 0 Å². The van der Waals surface area contributed by atoms with E-state index in [2.05, 4.69) is 10.1 Å². The summed E-state index contributed by atoms with van der Waals surface area (Å²) in [4.78, 5) is 9.63. The number of hydrogen-bond acceptors (Lipinski definition) is 4. The van der Waals surface area contributed by atoms with Crippen LogP contribution in [0.5, 0.6) is 0 Å². The van der Waals surface area contributed by atoms with Crippen molar-refractivity contribution in [3.63, 3.8) is 0 Å². The first-order valence-electron chi connectivity index (χ1n) is 5.31. The predicted octanol–water partition coefficient (Wildman–Crippen LogP) is 4.32. The molecule has 0 amide bonds. The molecule has 2 aromatic rings. The maximum atomic E-state index is 6.15. The molecule has 0 fully saturated rings. The fourth-order valence-electron chi connectivity index (χ4n) is 1.86. The van der Waals surface area contributed by atoms with E-state index in [0.717, 1.165) is 17.0 Å². The van der Waals surface area contributed by atoms with Crippen LogP contribution in [0.3, 0.4) is 0 Å². The van der Waals surface area contributed by atoms with E-state index in [1.54, 1.807) is 17.6 Å². The molecular weight excluding hydrogens is 291 g/mol. The molecule has 3 nitrogen and oxygen atoms in total. The van der Waals surface area contributed by atoms with E-state index in [-0.39, 0.29) is 6.10 Å². The van der Waals surface area contributed by atoms with E-state index < -0.39 is 0 Å². The van der Waals surface area contributed by atoms with Crippen LogP contribution in [0.2, 0.25) is 10.0 Å².